The van der Waals surface area contributed by atoms with Crippen LogP contribution in [0.15, 0.2) is 54.6 Å². The van der Waals surface area contributed by atoms with Crippen LogP contribution in [-0.4, -0.2) is 54.3 Å². The maximum atomic E-state index is 13.5. The van der Waals surface area contributed by atoms with Gasteiger partial charge in [0.15, 0.2) is 0 Å². The molecule has 0 aromatic heterocycles. The van der Waals surface area contributed by atoms with Crippen LogP contribution < -0.4 is 4.90 Å². The highest BCUT2D eigenvalue weighted by Gasteiger charge is 2.25. The summed E-state index contributed by atoms with van der Waals surface area (Å²) in [7, 11) is 0. The van der Waals surface area contributed by atoms with Crippen molar-refractivity contribution < 1.29 is 9.59 Å². The summed E-state index contributed by atoms with van der Waals surface area (Å²) in [4.78, 5) is 32.1. The molecular weight excluding hydrogens is 422 g/mol. The number of benzene rings is 2. The highest BCUT2D eigenvalue weighted by molar-refractivity contribution is 5.92. The topological polar surface area (TPSA) is 43.9 Å². The first-order valence-electron chi connectivity index (χ1n) is 13.0. The first-order valence-corrected chi connectivity index (χ1v) is 13.0. The Morgan fingerprint density at radius 1 is 0.794 bits per heavy atom. The molecule has 5 nitrogen and oxygen atoms in total. The van der Waals surface area contributed by atoms with Crippen LogP contribution in [0.1, 0.15) is 68.9 Å². The fraction of sp³-hybridized carbons (Fsp3) is 0.517. The van der Waals surface area contributed by atoms with Crippen molar-refractivity contribution in [2.75, 3.05) is 37.6 Å². The fourth-order valence-electron chi connectivity index (χ4n) is 5.40. The molecule has 0 spiro atoms. The smallest absolute Gasteiger partial charge is 0.237 e. The van der Waals surface area contributed by atoms with Gasteiger partial charge in [0.2, 0.25) is 11.8 Å². The van der Waals surface area contributed by atoms with Gasteiger partial charge in [-0.3, -0.25) is 14.5 Å². The van der Waals surface area contributed by atoms with Gasteiger partial charge in [-0.1, -0.05) is 67.8 Å². The van der Waals surface area contributed by atoms with Crippen LogP contribution in [0.5, 0.6) is 0 Å². The van der Waals surface area contributed by atoms with E-state index in [-0.39, 0.29) is 11.8 Å². The summed E-state index contributed by atoms with van der Waals surface area (Å²) < 4.78 is 0. The Labute approximate surface area is 204 Å². The van der Waals surface area contributed by atoms with Crippen molar-refractivity contribution in [3.63, 3.8) is 0 Å². The summed E-state index contributed by atoms with van der Waals surface area (Å²) in [5.41, 5.74) is 3.44. The molecular formula is C29H39N3O2. The van der Waals surface area contributed by atoms with Gasteiger partial charge in [-0.15, -0.1) is 0 Å². The molecule has 5 heteroatoms. The average Bonchev–Trinajstić information content (AvgIpc) is 2.85. The summed E-state index contributed by atoms with van der Waals surface area (Å²) in [6.07, 6.45) is 7.68. The highest BCUT2D eigenvalue weighted by Crippen LogP contribution is 2.28. The molecule has 2 amide bonds. The minimum Gasteiger partial charge on any atom is -0.337 e. The van der Waals surface area contributed by atoms with E-state index in [4.69, 9.17) is 0 Å². The van der Waals surface area contributed by atoms with Gasteiger partial charge in [0.1, 0.15) is 0 Å². The Balaban J connectivity index is 1.43. The maximum absolute atomic E-state index is 13.5. The number of hydrogen-bond acceptors (Lipinski definition) is 3. The number of hydrogen-bond donors (Lipinski definition) is 0. The molecule has 2 heterocycles. The molecule has 182 valence electrons. The van der Waals surface area contributed by atoms with E-state index in [1.807, 2.05) is 28.0 Å². The van der Waals surface area contributed by atoms with E-state index in [1.165, 1.54) is 5.56 Å². The van der Waals surface area contributed by atoms with Crippen molar-refractivity contribution >= 4 is 17.5 Å². The third-order valence-corrected chi connectivity index (χ3v) is 7.40. The Hall–Kier alpha value is -2.66. The first kappa shape index (κ1) is 24.5. The van der Waals surface area contributed by atoms with Crippen molar-refractivity contribution in [1.82, 2.24) is 9.80 Å². The van der Waals surface area contributed by atoms with Crippen molar-refractivity contribution in [2.24, 2.45) is 0 Å². The van der Waals surface area contributed by atoms with E-state index < -0.39 is 0 Å². The van der Waals surface area contributed by atoms with Crippen LogP contribution in [0.2, 0.25) is 0 Å². The molecule has 34 heavy (non-hydrogen) atoms. The van der Waals surface area contributed by atoms with Gasteiger partial charge in [0.25, 0.3) is 0 Å². The van der Waals surface area contributed by atoms with E-state index in [0.29, 0.717) is 19.0 Å². The molecule has 0 atom stereocenters. The Bertz CT molecular complexity index is 937. The lowest BCUT2D eigenvalue weighted by Gasteiger charge is -2.34. The summed E-state index contributed by atoms with van der Waals surface area (Å²) in [6, 6.07) is 18.9. The lowest BCUT2D eigenvalue weighted by molar-refractivity contribution is -0.133. The predicted molar refractivity (Wildman–Crippen MR) is 138 cm³/mol. The van der Waals surface area contributed by atoms with Gasteiger partial charge in [0.05, 0.1) is 6.54 Å². The quantitative estimate of drug-likeness (QED) is 0.630. The van der Waals surface area contributed by atoms with Crippen LogP contribution >= 0.6 is 0 Å². The zero-order valence-electron chi connectivity index (χ0n) is 20.6. The summed E-state index contributed by atoms with van der Waals surface area (Å²) in [5, 5.41) is 0. The third kappa shape index (κ3) is 6.47. The summed E-state index contributed by atoms with van der Waals surface area (Å²) in [5.74, 6) is 0.877. The molecule has 0 unspecified atom stereocenters. The number of carbonyl (C=O) groups is 2. The van der Waals surface area contributed by atoms with Crippen molar-refractivity contribution in [3.8, 4) is 0 Å². The summed E-state index contributed by atoms with van der Waals surface area (Å²) >= 11 is 0. The van der Waals surface area contributed by atoms with Gasteiger partial charge >= 0.3 is 0 Å². The SMILES string of the molecule is CC(=O)N1CCCCCCCN(C(=O)CN2CCC(c3ccccc3)CC2)Cc2ccccc21. The summed E-state index contributed by atoms with van der Waals surface area (Å²) in [6.45, 7) is 6.16. The standard InChI is InChI=1S/C29H39N3O2/c1-24(33)32-19-11-4-2-3-10-18-31(22-27-14-8-9-15-28(27)32)29(34)23-30-20-16-26(17-21-30)25-12-6-5-7-13-25/h5-9,12-15,26H,2-4,10-11,16-23H2,1H3. The number of nitrogens with zero attached hydrogens (tertiary/aromatic N) is 3. The number of carbonyl (C=O) groups excluding carboxylic acids is 2. The van der Waals surface area contributed by atoms with Crippen molar-refractivity contribution in [1.29, 1.82) is 0 Å². The van der Waals surface area contributed by atoms with E-state index in [9.17, 15) is 9.59 Å². The van der Waals surface area contributed by atoms with Gasteiger partial charge in [-0.05, 0) is 61.9 Å². The number of likely N-dealkylation sites (tertiary alicyclic amines) is 1. The molecule has 0 radical (unpaired) electrons. The molecule has 2 aromatic rings. The number of fused-ring (bicyclic) bond motifs is 1. The second kappa shape index (κ2) is 12.2. The number of anilines is 1. The number of para-hydroxylation sites is 1. The Kier molecular flexibility index (Phi) is 8.75. The van der Waals surface area contributed by atoms with Crippen LogP contribution in [0, 0.1) is 0 Å². The van der Waals surface area contributed by atoms with Gasteiger partial charge in [-0.25, -0.2) is 0 Å². The highest BCUT2D eigenvalue weighted by atomic mass is 16.2. The molecule has 2 aliphatic rings. The minimum atomic E-state index is 0.0728. The van der Waals surface area contributed by atoms with Crippen LogP contribution in [0.4, 0.5) is 5.69 Å². The molecule has 1 fully saturated rings. The van der Waals surface area contributed by atoms with Gasteiger partial charge < -0.3 is 9.80 Å². The average molecular weight is 462 g/mol. The second-order valence-electron chi connectivity index (χ2n) is 9.84. The Morgan fingerprint density at radius 2 is 1.44 bits per heavy atom. The number of amides is 2. The van der Waals surface area contributed by atoms with Gasteiger partial charge in [0, 0.05) is 32.2 Å². The number of rotatable bonds is 3. The van der Waals surface area contributed by atoms with Gasteiger partial charge in [-0.2, -0.15) is 0 Å². The molecule has 2 aromatic carbocycles. The number of piperidine rings is 1. The van der Waals surface area contributed by atoms with E-state index in [2.05, 4.69) is 41.3 Å². The lowest BCUT2D eigenvalue weighted by atomic mass is 9.89. The van der Waals surface area contributed by atoms with Crippen molar-refractivity contribution in [2.45, 2.75) is 64.3 Å². The second-order valence-corrected chi connectivity index (χ2v) is 9.84. The van der Waals surface area contributed by atoms with Crippen LogP contribution in [-0.2, 0) is 16.1 Å². The minimum absolute atomic E-state index is 0.0728. The van der Waals surface area contributed by atoms with E-state index >= 15 is 0 Å². The normalized spacial score (nSPS) is 19.1. The van der Waals surface area contributed by atoms with Crippen LogP contribution in [0.25, 0.3) is 0 Å². The monoisotopic (exact) mass is 461 g/mol. The molecule has 0 aliphatic carbocycles. The molecule has 0 saturated carbocycles. The van der Waals surface area contributed by atoms with E-state index in [1.54, 1.807) is 6.92 Å². The zero-order chi connectivity index (χ0) is 23.8. The van der Waals surface area contributed by atoms with E-state index in [0.717, 1.165) is 82.4 Å². The zero-order valence-corrected chi connectivity index (χ0v) is 20.6. The maximum Gasteiger partial charge on any atom is 0.237 e. The lowest BCUT2D eigenvalue weighted by Crippen LogP contribution is -2.43. The fourth-order valence-corrected chi connectivity index (χ4v) is 5.40. The first-order chi connectivity index (χ1) is 16.6. The largest absolute Gasteiger partial charge is 0.337 e. The van der Waals surface area contributed by atoms with Crippen molar-refractivity contribution in [3.05, 3.63) is 65.7 Å². The third-order valence-electron chi connectivity index (χ3n) is 7.40. The Morgan fingerprint density at radius 3 is 2.18 bits per heavy atom. The predicted octanol–water partition coefficient (Wildman–Crippen LogP) is 5.21. The molecule has 1 saturated heterocycles. The molecule has 0 N–H and O–H groups in total. The molecule has 0 bridgehead atoms. The molecule has 4 rings (SSSR count). The van der Waals surface area contributed by atoms with Crippen LogP contribution in [0.3, 0.4) is 0 Å². The molecule has 2 aliphatic heterocycles.